The Bertz CT molecular complexity index is 438. The molecule has 1 atom stereocenters. The highest BCUT2D eigenvalue weighted by molar-refractivity contribution is 5.80. The molecule has 18 heavy (non-hydrogen) atoms. The van der Waals surface area contributed by atoms with E-state index in [1.165, 1.54) is 12.1 Å². The van der Waals surface area contributed by atoms with E-state index in [0.717, 1.165) is 11.1 Å². The SMILES string of the molecule is Cc1ccc(F)cc1CN[C@H](C(N)=O)C(C)(C)C. The third kappa shape index (κ3) is 3.81. The van der Waals surface area contributed by atoms with E-state index in [-0.39, 0.29) is 11.2 Å². The van der Waals surface area contributed by atoms with E-state index in [1.807, 2.05) is 27.7 Å². The highest BCUT2D eigenvalue weighted by Crippen LogP contribution is 2.20. The number of nitrogens with two attached hydrogens (primary N) is 1. The standard InChI is InChI=1S/C14H21FN2O/c1-9-5-6-11(15)7-10(9)8-17-12(13(16)18)14(2,3)4/h5-7,12,17H,8H2,1-4H3,(H2,16,18)/t12-/m1/s1. The number of rotatable bonds is 4. The predicted molar refractivity (Wildman–Crippen MR) is 70.4 cm³/mol. The van der Waals surface area contributed by atoms with Gasteiger partial charge in [-0.25, -0.2) is 4.39 Å². The molecular formula is C14H21FN2O. The first-order valence-corrected chi connectivity index (χ1v) is 5.99. The molecule has 0 heterocycles. The van der Waals surface area contributed by atoms with Crippen LogP contribution in [-0.2, 0) is 11.3 Å². The molecule has 0 aliphatic heterocycles. The summed E-state index contributed by atoms with van der Waals surface area (Å²) >= 11 is 0. The molecule has 4 heteroatoms. The molecule has 1 aromatic rings. The van der Waals surface area contributed by atoms with Crippen LogP contribution in [0, 0.1) is 18.2 Å². The Hall–Kier alpha value is -1.42. The van der Waals surface area contributed by atoms with Crippen molar-refractivity contribution in [2.24, 2.45) is 11.1 Å². The quantitative estimate of drug-likeness (QED) is 0.862. The van der Waals surface area contributed by atoms with Gasteiger partial charge in [0.2, 0.25) is 5.91 Å². The van der Waals surface area contributed by atoms with Crippen molar-refractivity contribution in [3.63, 3.8) is 0 Å². The molecule has 1 aromatic carbocycles. The normalized spacial score (nSPS) is 13.4. The monoisotopic (exact) mass is 252 g/mol. The lowest BCUT2D eigenvalue weighted by molar-refractivity contribution is -0.122. The Labute approximate surface area is 108 Å². The summed E-state index contributed by atoms with van der Waals surface area (Å²) in [5.41, 5.74) is 6.93. The van der Waals surface area contributed by atoms with Gasteiger partial charge in [0.05, 0.1) is 6.04 Å². The van der Waals surface area contributed by atoms with Crippen LogP contribution in [0.15, 0.2) is 18.2 Å². The molecule has 0 radical (unpaired) electrons. The molecule has 0 fully saturated rings. The maximum absolute atomic E-state index is 13.1. The fourth-order valence-electron chi connectivity index (χ4n) is 1.88. The van der Waals surface area contributed by atoms with Crippen LogP contribution in [0.5, 0.6) is 0 Å². The summed E-state index contributed by atoms with van der Waals surface area (Å²) in [4.78, 5) is 11.4. The summed E-state index contributed by atoms with van der Waals surface area (Å²) in [6.07, 6.45) is 0. The Morgan fingerprint density at radius 1 is 1.44 bits per heavy atom. The largest absolute Gasteiger partial charge is 0.368 e. The Kier molecular flexibility index (Phi) is 4.46. The van der Waals surface area contributed by atoms with Crippen molar-refractivity contribution in [1.82, 2.24) is 5.32 Å². The van der Waals surface area contributed by atoms with Gasteiger partial charge in [0.1, 0.15) is 5.82 Å². The number of benzene rings is 1. The van der Waals surface area contributed by atoms with Crippen molar-refractivity contribution in [3.8, 4) is 0 Å². The highest BCUT2D eigenvalue weighted by Gasteiger charge is 2.28. The zero-order valence-electron chi connectivity index (χ0n) is 11.4. The molecule has 0 aliphatic carbocycles. The third-order valence-corrected chi connectivity index (χ3v) is 2.96. The van der Waals surface area contributed by atoms with Crippen molar-refractivity contribution in [2.45, 2.75) is 40.3 Å². The number of primary amides is 1. The van der Waals surface area contributed by atoms with Gasteiger partial charge in [0.25, 0.3) is 0 Å². The van der Waals surface area contributed by atoms with E-state index >= 15 is 0 Å². The van der Waals surface area contributed by atoms with Crippen molar-refractivity contribution < 1.29 is 9.18 Å². The van der Waals surface area contributed by atoms with Gasteiger partial charge in [-0.1, -0.05) is 26.8 Å². The van der Waals surface area contributed by atoms with Gasteiger partial charge in [-0.3, -0.25) is 4.79 Å². The molecule has 0 aromatic heterocycles. The maximum atomic E-state index is 13.1. The van der Waals surface area contributed by atoms with Crippen molar-refractivity contribution >= 4 is 5.91 Å². The fourth-order valence-corrected chi connectivity index (χ4v) is 1.88. The Balaban J connectivity index is 2.79. The van der Waals surface area contributed by atoms with Crippen LogP contribution in [0.4, 0.5) is 4.39 Å². The summed E-state index contributed by atoms with van der Waals surface area (Å²) in [5.74, 6) is -0.666. The maximum Gasteiger partial charge on any atom is 0.235 e. The number of carbonyl (C=O) groups excluding carboxylic acids is 1. The van der Waals surface area contributed by atoms with Gasteiger partial charge < -0.3 is 11.1 Å². The molecule has 0 spiro atoms. The predicted octanol–water partition coefficient (Wildman–Crippen LogP) is 2.12. The van der Waals surface area contributed by atoms with Crippen molar-refractivity contribution in [2.75, 3.05) is 0 Å². The highest BCUT2D eigenvalue weighted by atomic mass is 19.1. The van der Waals surface area contributed by atoms with Gasteiger partial charge in [0, 0.05) is 6.54 Å². The van der Waals surface area contributed by atoms with Gasteiger partial charge in [-0.05, 0) is 35.6 Å². The summed E-state index contributed by atoms with van der Waals surface area (Å²) < 4.78 is 13.1. The van der Waals surface area contributed by atoms with Crippen LogP contribution in [0.1, 0.15) is 31.9 Å². The fraction of sp³-hybridized carbons (Fsp3) is 0.500. The Morgan fingerprint density at radius 3 is 2.56 bits per heavy atom. The molecule has 1 amide bonds. The lowest BCUT2D eigenvalue weighted by Crippen LogP contribution is -2.49. The number of halogens is 1. The van der Waals surface area contributed by atoms with Crippen LogP contribution in [0.2, 0.25) is 0 Å². The first kappa shape index (κ1) is 14.6. The molecule has 0 saturated heterocycles. The van der Waals surface area contributed by atoms with Gasteiger partial charge in [-0.15, -0.1) is 0 Å². The molecule has 0 unspecified atom stereocenters. The number of carbonyl (C=O) groups is 1. The van der Waals surface area contributed by atoms with E-state index in [9.17, 15) is 9.18 Å². The number of hydrogen-bond acceptors (Lipinski definition) is 2. The number of hydrogen-bond donors (Lipinski definition) is 2. The first-order valence-electron chi connectivity index (χ1n) is 5.99. The lowest BCUT2D eigenvalue weighted by Gasteiger charge is -2.29. The van der Waals surface area contributed by atoms with Crippen molar-refractivity contribution in [3.05, 3.63) is 35.1 Å². The average Bonchev–Trinajstić information content (AvgIpc) is 2.20. The van der Waals surface area contributed by atoms with Gasteiger partial charge >= 0.3 is 0 Å². The molecule has 0 aliphatic rings. The minimum atomic E-state index is -0.444. The molecule has 3 nitrogen and oxygen atoms in total. The van der Waals surface area contributed by atoms with Gasteiger partial charge in [-0.2, -0.15) is 0 Å². The van der Waals surface area contributed by atoms with Crippen LogP contribution in [-0.4, -0.2) is 11.9 Å². The second kappa shape index (κ2) is 5.48. The van der Waals surface area contributed by atoms with Crippen LogP contribution >= 0.6 is 0 Å². The third-order valence-electron chi connectivity index (χ3n) is 2.96. The minimum Gasteiger partial charge on any atom is -0.368 e. The van der Waals surface area contributed by atoms with E-state index in [4.69, 9.17) is 5.73 Å². The summed E-state index contributed by atoms with van der Waals surface area (Å²) in [5, 5.41) is 3.10. The zero-order valence-corrected chi connectivity index (χ0v) is 11.4. The van der Waals surface area contributed by atoms with E-state index in [2.05, 4.69) is 5.32 Å². The van der Waals surface area contributed by atoms with E-state index in [0.29, 0.717) is 6.54 Å². The van der Waals surface area contributed by atoms with Gasteiger partial charge in [0.15, 0.2) is 0 Å². The minimum absolute atomic E-state index is 0.271. The average molecular weight is 252 g/mol. The molecular weight excluding hydrogens is 231 g/mol. The molecule has 1 rings (SSSR count). The number of aryl methyl sites for hydroxylation is 1. The second-order valence-electron chi connectivity index (χ2n) is 5.65. The number of amides is 1. The van der Waals surface area contributed by atoms with Crippen LogP contribution < -0.4 is 11.1 Å². The second-order valence-corrected chi connectivity index (χ2v) is 5.65. The van der Waals surface area contributed by atoms with E-state index in [1.54, 1.807) is 6.07 Å². The first-order chi connectivity index (χ1) is 8.21. The van der Waals surface area contributed by atoms with Crippen molar-refractivity contribution in [1.29, 1.82) is 0 Å². The molecule has 3 N–H and O–H groups in total. The van der Waals surface area contributed by atoms with E-state index < -0.39 is 11.9 Å². The number of nitrogens with one attached hydrogen (secondary N) is 1. The topological polar surface area (TPSA) is 55.1 Å². The lowest BCUT2D eigenvalue weighted by atomic mass is 9.86. The summed E-state index contributed by atoms with van der Waals surface area (Å²) in [6.45, 7) is 8.15. The molecule has 0 saturated carbocycles. The van der Waals surface area contributed by atoms with Crippen LogP contribution in [0.3, 0.4) is 0 Å². The summed E-state index contributed by atoms with van der Waals surface area (Å²) in [6, 6.07) is 4.18. The Morgan fingerprint density at radius 2 is 2.06 bits per heavy atom. The molecule has 0 bridgehead atoms. The zero-order chi connectivity index (χ0) is 13.9. The van der Waals surface area contributed by atoms with Crippen LogP contribution in [0.25, 0.3) is 0 Å². The smallest absolute Gasteiger partial charge is 0.235 e. The molecule has 100 valence electrons. The summed E-state index contributed by atoms with van der Waals surface area (Å²) in [7, 11) is 0.